The van der Waals surface area contributed by atoms with E-state index in [1.807, 2.05) is 73.7 Å². The Balaban J connectivity index is 0.556. The summed E-state index contributed by atoms with van der Waals surface area (Å²) in [7, 11) is 0. The average molecular weight is 1650 g/mol. The first-order valence-electron chi connectivity index (χ1n) is 39.9. The van der Waals surface area contributed by atoms with Crippen molar-refractivity contribution in [2.24, 2.45) is 11.8 Å². The smallest absolute Gasteiger partial charge is 0.306 e. The maximum atomic E-state index is 13.7. The molecule has 8 aromatic carbocycles. The number of phenols is 2. The lowest BCUT2D eigenvalue weighted by Gasteiger charge is -2.28. The Morgan fingerprint density at radius 2 is 0.667 bits per heavy atom. The first kappa shape index (κ1) is 82.5. The Morgan fingerprint density at radius 1 is 0.361 bits per heavy atom. The van der Waals surface area contributed by atoms with Gasteiger partial charge in [-0.15, -0.1) is 0 Å². The van der Waals surface area contributed by atoms with E-state index in [4.69, 9.17) is 9.47 Å². The molecule has 0 fully saturated rings. The van der Waals surface area contributed by atoms with Crippen molar-refractivity contribution in [1.82, 2.24) is 0 Å². The van der Waals surface area contributed by atoms with Crippen molar-refractivity contribution < 1.29 is 48.5 Å². The van der Waals surface area contributed by atoms with Crippen LogP contribution in [0.4, 0.5) is 22.7 Å². The lowest BCUT2D eigenvalue weighted by molar-refractivity contribution is -0.146. The number of halogens is 3. The molecule has 0 spiro atoms. The number of phenolic OH excluding ortho intramolecular Hbond substituents is 2. The summed E-state index contributed by atoms with van der Waals surface area (Å²) in [5.41, 5.74) is 10.3. The summed E-state index contributed by atoms with van der Waals surface area (Å²) in [6, 6.07) is 43.5. The number of unbranched alkanes of at least 4 members (excludes halogenated alkanes) is 22. The van der Waals surface area contributed by atoms with Gasteiger partial charge >= 0.3 is 11.9 Å². The van der Waals surface area contributed by atoms with E-state index in [-0.39, 0.29) is 87.4 Å². The molecule has 108 heavy (non-hydrogen) atoms. The Morgan fingerprint density at radius 3 is 1.02 bits per heavy atom. The minimum absolute atomic E-state index is 0.00503. The zero-order valence-electron chi connectivity index (χ0n) is 63.3. The summed E-state index contributed by atoms with van der Waals surface area (Å²) in [5.74, 6) is -0.499. The zero-order chi connectivity index (χ0) is 76.3. The van der Waals surface area contributed by atoms with Crippen molar-refractivity contribution in [1.29, 1.82) is 0 Å². The molecule has 10 rings (SSSR count). The van der Waals surface area contributed by atoms with E-state index in [1.54, 1.807) is 60.7 Å². The van der Waals surface area contributed by atoms with Crippen LogP contribution in [0.1, 0.15) is 300 Å². The highest BCUT2D eigenvalue weighted by Gasteiger charge is 2.36. The first-order valence-corrected chi connectivity index (χ1v) is 42.3. The molecule has 15 heteroatoms. The third kappa shape index (κ3) is 22.6. The molecular weight excluding hydrogens is 1540 g/mol. The van der Waals surface area contributed by atoms with E-state index < -0.39 is 5.78 Å². The monoisotopic (exact) mass is 1650 g/mol. The van der Waals surface area contributed by atoms with E-state index >= 15 is 0 Å². The van der Waals surface area contributed by atoms with Crippen molar-refractivity contribution >= 4 is 106 Å². The van der Waals surface area contributed by atoms with Gasteiger partial charge in [0.1, 0.15) is 24.7 Å². The third-order valence-electron chi connectivity index (χ3n) is 21.8. The molecule has 0 bridgehead atoms. The van der Waals surface area contributed by atoms with Gasteiger partial charge < -0.3 is 30.3 Å². The molecule has 2 aliphatic rings. The minimum Gasteiger partial charge on any atom is -0.507 e. The molecule has 0 aliphatic heterocycles. The Hall–Kier alpha value is -7.98. The van der Waals surface area contributed by atoms with Gasteiger partial charge in [-0.05, 0) is 167 Å². The van der Waals surface area contributed by atoms with Gasteiger partial charge in [-0.1, -0.05) is 291 Å². The number of aromatic hydroxyl groups is 2. The molecule has 0 heterocycles. The quantitative estimate of drug-likeness (QED) is 0.0161. The standard InChI is InChI=1S/C93H107Br3N2O10/c1-4-6-8-24-34-65(36-26-20-16-12-10-14-18-22-28-42-82(101)107-60-63-44-48-67(49-45-63)69-56-62(3)88(75(94)57-69)97-78-52-54-80(99)86-84(78)90(103)71-38-30-32-40-73(71)92(86)105)66(35-25-9-7-5-2)37-27-21-17-13-11-15-19-23-29-43-83(102)108-61-64-46-50-68(51-47-64)70-58-76(95)89(77(96)59-70)98-79-53-55-81(100)87-85(79)91(104)72-39-31-33-41-74(72)93(87)106/h30-33,38-41,44-59,65-66,97-100H,4-29,34-37,42-43,60-61H2,1-3H3. The van der Waals surface area contributed by atoms with E-state index in [0.717, 1.165) is 108 Å². The number of carbonyl (C=O) groups excluding carboxylic acids is 6. The van der Waals surface area contributed by atoms with Crippen LogP contribution in [0.15, 0.2) is 159 Å². The zero-order valence-corrected chi connectivity index (χ0v) is 68.1. The van der Waals surface area contributed by atoms with Crippen molar-refractivity contribution in [2.75, 3.05) is 10.6 Å². The highest BCUT2D eigenvalue weighted by molar-refractivity contribution is 9.11. The lowest BCUT2D eigenvalue weighted by atomic mass is 9.78. The maximum absolute atomic E-state index is 13.7. The summed E-state index contributed by atoms with van der Waals surface area (Å²) in [6.45, 7) is 7.07. The van der Waals surface area contributed by atoms with Gasteiger partial charge in [0.05, 0.1) is 45.0 Å². The number of aryl methyl sites for hydroxylation is 1. The van der Waals surface area contributed by atoms with Crippen LogP contribution in [0.25, 0.3) is 22.3 Å². The van der Waals surface area contributed by atoms with Crippen LogP contribution in [-0.4, -0.2) is 45.3 Å². The molecule has 4 N–H and O–H groups in total. The van der Waals surface area contributed by atoms with Crippen LogP contribution in [0.3, 0.4) is 0 Å². The second kappa shape index (κ2) is 42.3. The van der Waals surface area contributed by atoms with E-state index in [1.165, 1.54) is 166 Å². The number of fused-ring (bicyclic) bond motifs is 4. The molecule has 0 aromatic heterocycles. The van der Waals surface area contributed by atoms with Crippen molar-refractivity contribution in [3.05, 3.63) is 220 Å². The van der Waals surface area contributed by atoms with Gasteiger partial charge in [0, 0.05) is 48.5 Å². The van der Waals surface area contributed by atoms with E-state index in [2.05, 4.69) is 78.3 Å². The maximum Gasteiger partial charge on any atom is 0.306 e. The van der Waals surface area contributed by atoms with Crippen molar-refractivity contribution in [3.63, 3.8) is 0 Å². The van der Waals surface area contributed by atoms with E-state index in [0.29, 0.717) is 41.0 Å². The van der Waals surface area contributed by atoms with Gasteiger partial charge in [0.2, 0.25) is 0 Å². The molecule has 12 nitrogen and oxygen atoms in total. The molecule has 2 unspecified atom stereocenters. The highest BCUT2D eigenvalue weighted by Crippen LogP contribution is 2.45. The van der Waals surface area contributed by atoms with E-state index in [9.17, 15) is 39.0 Å². The number of nitrogens with one attached hydrogen (secondary N) is 2. The van der Waals surface area contributed by atoms with Crippen LogP contribution in [0.5, 0.6) is 11.5 Å². The summed E-state index contributed by atoms with van der Waals surface area (Å²) >= 11 is 11.2. The molecule has 2 atom stereocenters. The van der Waals surface area contributed by atoms with Gasteiger partial charge in [0.15, 0.2) is 23.1 Å². The third-order valence-corrected chi connectivity index (χ3v) is 23.6. The molecule has 8 aromatic rings. The topological polar surface area (TPSA) is 185 Å². The fraction of sp³-hybridized carbons (Fsp3) is 0.419. The van der Waals surface area contributed by atoms with Gasteiger partial charge in [0.25, 0.3) is 0 Å². The Kier molecular flexibility index (Phi) is 32.3. The summed E-state index contributed by atoms with van der Waals surface area (Å²) < 4.78 is 13.6. The number of rotatable bonds is 45. The number of hydrogen-bond donors (Lipinski definition) is 4. The molecule has 0 saturated carbocycles. The Labute approximate surface area is 665 Å². The predicted octanol–water partition coefficient (Wildman–Crippen LogP) is 26.6. The number of ketones is 4. The number of anilines is 4. The second-order valence-electron chi connectivity index (χ2n) is 29.8. The molecule has 0 amide bonds. The van der Waals surface area contributed by atoms with Gasteiger partial charge in [-0.25, -0.2) is 0 Å². The normalized spacial score (nSPS) is 12.8. The molecule has 2 aliphatic carbocycles. The second-order valence-corrected chi connectivity index (χ2v) is 32.3. The fourth-order valence-corrected chi connectivity index (χ4v) is 17.6. The minimum atomic E-state index is -0.394. The molecule has 570 valence electrons. The predicted molar refractivity (Wildman–Crippen MR) is 447 cm³/mol. The van der Waals surface area contributed by atoms with Crippen LogP contribution in [-0.2, 0) is 32.3 Å². The SMILES string of the molecule is CCCCCCC(CCCCCCCCCCCC(=O)OCc1ccc(-c2cc(C)c(Nc3ccc(O)c4c3C(=O)c3ccccc3C4=O)c(Br)c2)cc1)C(CCCCCC)CCCCCCCCCCCC(=O)OCc1ccc(-c2cc(Br)c(Nc3ccc(O)c4c3C(=O)c3ccccc3C4=O)c(Br)c2)cc1. The van der Waals surface area contributed by atoms with Crippen LogP contribution in [0.2, 0.25) is 0 Å². The van der Waals surface area contributed by atoms with Crippen LogP contribution >= 0.6 is 47.8 Å². The summed E-state index contributed by atoms with van der Waals surface area (Å²) in [4.78, 5) is 79.8. The van der Waals surface area contributed by atoms with Crippen LogP contribution < -0.4 is 10.6 Å². The first-order chi connectivity index (χ1) is 52.5. The molecular formula is C93H107Br3N2O10. The lowest BCUT2D eigenvalue weighted by Crippen LogP contribution is -2.22. The average Bonchev–Trinajstić information content (AvgIpc) is 0.748. The Bertz CT molecular complexity index is 4070. The summed E-state index contributed by atoms with van der Waals surface area (Å²) in [6.07, 6.45) is 38.9. The van der Waals surface area contributed by atoms with Gasteiger partial charge in [-0.3, -0.25) is 28.8 Å². The largest absolute Gasteiger partial charge is 0.507 e. The molecule has 0 radical (unpaired) electrons. The van der Waals surface area contributed by atoms with Crippen LogP contribution in [0, 0.1) is 18.8 Å². The van der Waals surface area contributed by atoms with Crippen molar-refractivity contribution in [2.45, 2.75) is 239 Å². The number of esters is 2. The summed E-state index contributed by atoms with van der Waals surface area (Å²) in [5, 5.41) is 28.1. The number of hydrogen-bond acceptors (Lipinski definition) is 12. The number of ether oxygens (including phenoxy) is 2. The fourth-order valence-electron chi connectivity index (χ4n) is 15.6. The number of benzene rings is 8. The number of carbonyl (C=O) groups is 6. The van der Waals surface area contributed by atoms with Gasteiger partial charge in [-0.2, -0.15) is 0 Å². The molecule has 0 saturated heterocycles. The highest BCUT2D eigenvalue weighted by atomic mass is 79.9. The van der Waals surface area contributed by atoms with Crippen molar-refractivity contribution in [3.8, 4) is 33.8 Å².